The molecule has 28 heavy (non-hydrogen) atoms. The highest BCUT2D eigenvalue weighted by Gasteiger charge is 2.44. The number of hydrogen-bond donors (Lipinski definition) is 2. The van der Waals surface area contributed by atoms with Crippen molar-refractivity contribution < 1.29 is 14.6 Å². The number of halogens is 1. The highest BCUT2D eigenvalue weighted by molar-refractivity contribution is 14.1. The van der Waals surface area contributed by atoms with Gasteiger partial charge >= 0.3 is 0 Å². The molecular formula is C22H25IN2O3. The maximum Gasteiger partial charge on any atom is 0.243 e. The minimum Gasteiger partial charge on any atom is -0.504 e. The van der Waals surface area contributed by atoms with Gasteiger partial charge in [-0.1, -0.05) is 45.0 Å². The number of amides is 1. The monoisotopic (exact) mass is 492 g/mol. The standard InChI is InChI=1S/C22H25IN2O3/c1-22(2,3)15-7-5-14(6-8-15)16-11-17(16)21(27)25-24-12-13-9-18(23)20(26)19(10-13)28-4/h5-10,12,16-17,26H,11H2,1-4H3,(H,25,27)/t16-,17-/m0/s1. The third kappa shape index (κ3) is 4.66. The molecule has 1 saturated carbocycles. The van der Waals surface area contributed by atoms with Crippen LogP contribution in [0.1, 0.15) is 49.8 Å². The zero-order valence-corrected chi connectivity index (χ0v) is 18.6. The Kier molecular flexibility index (Phi) is 5.98. The van der Waals surface area contributed by atoms with Crippen LogP contribution in [0.25, 0.3) is 0 Å². The molecule has 148 valence electrons. The molecule has 1 fully saturated rings. The number of rotatable bonds is 5. The molecule has 2 aromatic rings. The van der Waals surface area contributed by atoms with Gasteiger partial charge in [-0.15, -0.1) is 0 Å². The van der Waals surface area contributed by atoms with Crippen LogP contribution in [0.3, 0.4) is 0 Å². The number of nitrogens with zero attached hydrogens (tertiary/aromatic N) is 1. The quantitative estimate of drug-likeness (QED) is 0.366. The highest BCUT2D eigenvalue weighted by atomic mass is 127. The Bertz CT molecular complexity index is 901. The molecular weight excluding hydrogens is 467 g/mol. The molecule has 1 aliphatic carbocycles. The fraction of sp³-hybridized carbons (Fsp3) is 0.364. The van der Waals surface area contributed by atoms with E-state index in [1.165, 1.54) is 18.2 Å². The molecule has 0 heterocycles. The number of phenols is 1. The van der Waals surface area contributed by atoms with Gasteiger partial charge in [-0.25, -0.2) is 5.43 Å². The van der Waals surface area contributed by atoms with Gasteiger partial charge in [-0.2, -0.15) is 5.10 Å². The first-order chi connectivity index (χ1) is 13.2. The number of hydrogen-bond acceptors (Lipinski definition) is 4. The molecule has 3 rings (SSSR count). The van der Waals surface area contributed by atoms with Crippen LogP contribution in [0, 0.1) is 9.49 Å². The number of phenolic OH excluding ortho intramolecular Hbond substituents is 1. The molecule has 0 radical (unpaired) electrons. The number of aromatic hydroxyl groups is 1. The van der Waals surface area contributed by atoms with Crippen molar-refractivity contribution >= 4 is 34.7 Å². The second kappa shape index (κ2) is 8.11. The molecule has 1 amide bonds. The van der Waals surface area contributed by atoms with E-state index in [1.54, 1.807) is 18.3 Å². The number of hydrazone groups is 1. The van der Waals surface area contributed by atoms with Crippen LogP contribution in [-0.4, -0.2) is 24.3 Å². The zero-order chi connectivity index (χ0) is 20.5. The van der Waals surface area contributed by atoms with Crippen LogP contribution in [0.4, 0.5) is 0 Å². The first kappa shape index (κ1) is 20.6. The summed E-state index contributed by atoms with van der Waals surface area (Å²) in [5.41, 5.74) is 5.99. The summed E-state index contributed by atoms with van der Waals surface area (Å²) < 4.78 is 5.79. The molecule has 0 unspecified atom stereocenters. The molecule has 2 atom stereocenters. The lowest BCUT2D eigenvalue weighted by atomic mass is 9.86. The summed E-state index contributed by atoms with van der Waals surface area (Å²) >= 11 is 2.02. The Morgan fingerprint density at radius 3 is 2.57 bits per heavy atom. The van der Waals surface area contributed by atoms with Crippen LogP contribution >= 0.6 is 22.6 Å². The number of nitrogens with one attached hydrogen (secondary N) is 1. The van der Waals surface area contributed by atoms with E-state index in [0.717, 1.165) is 12.0 Å². The molecule has 0 spiro atoms. The van der Waals surface area contributed by atoms with E-state index in [9.17, 15) is 9.90 Å². The molecule has 2 aromatic carbocycles. The van der Waals surface area contributed by atoms with Gasteiger partial charge in [-0.05, 0) is 69.2 Å². The van der Waals surface area contributed by atoms with Crippen molar-refractivity contribution in [2.45, 2.75) is 38.5 Å². The minimum atomic E-state index is -0.0680. The van der Waals surface area contributed by atoms with Crippen molar-refractivity contribution in [3.63, 3.8) is 0 Å². The van der Waals surface area contributed by atoms with Crippen LogP contribution in [0.5, 0.6) is 11.5 Å². The third-order valence-electron chi connectivity index (χ3n) is 4.99. The molecule has 0 bridgehead atoms. The van der Waals surface area contributed by atoms with Gasteiger partial charge in [-0.3, -0.25) is 4.79 Å². The average Bonchev–Trinajstić information content (AvgIpc) is 3.44. The Morgan fingerprint density at radius 2 is 1.96 bits per heavy atom. The lowest BCUT2D eigenvalue weighted by Gasteiger charge is -2.19. The van der Waals surface area contributed by atoms with Gasteiger partial charge in [0.1, 0.15) is 0 Å². The summed E-state index contributed by atoms with van der Waals surface area (Å²) in [5.74, 6) is 0.635. The van der Waals surface area contributed by atoms with Crippen molar-refractivity contribution in [2.75, 3.05) is 7.11 Å². The number of carbonyl (C=O) groups is 1. The first-order valence-electron chi connectivity index (χ1n) is 9.20. The molecule has 1 aliphatic rings. The average molecular weight is 492 g/mol. The smallest absolute Gasteiger partial charge is 0.243 e. The van der Waals surface area contributed by atoms with Crippen molar-refractivity contribution in [1.82, 2.24) is 5.43 Å². The molecule has 0 aromatic heterocycles. The molecule has 6 heteroatoms. The predicted molar refractivity (Wildman–Crippen MR) is 119 cm³/mol. The summed E-state index contributed by atoms with van der Waals surface area (Å²) in [6, 6.07) is 12.0. The van der Waals surface area contributed by atoms with Gasteiger partial charge < -0.3 is 9.84 Å². The van der Waals surface area contributed by atoms with E-state index in [-0.39, 0.29) is 28.9 Å². The fourth-order valence-corrected chi connectivity index (χ4v) is 3.79. The van der Waals surface area contributed by atoms with E-state index in [4.69, 9.17) is 4.74 Å². The van der Waals surface area contributed by atoms with Crippen molar-refractivity contribution in [3.05, 3.63) is 56.7 Å². The SMILES string of the molecule is COc1cc(C=NNC(=O)[C@H]2C[C@H]2c2ccc(C(C)(C)C)cc2)cc(I)c1O. The summed E-state index contributed by atoms with van der Waals surface area (Å²) in [7, 11) is 1.50. The molecule has 0 saturated heterocycles. The van der Waals surface area contributed by atoms with Crippen LogP contribution in [-0.2, 0) is 10.2 Å². The van der Waals surface area contributed by atoms with Gasteiger partial charge in [0.15, 0.2) is 11.5 Å². The minimum absolute atomic E-state index is 0.0351. The molecule has 0 aliphatic heterocycles. The van der Waals surface area contributed by atoms with Crippen molar-refractivity contribution in [3.8, 4) is 11.5 Å². The van der Waals surface area contributed by atoms with E-state index < -0.39 is 0 Å². The third-order valence-corrected chi connectivity index (χ3v) is 5.81. The number of ether oxygens (including phenoxy) is 1. The Morgan fingerprint density at radius 1 is 1.29 bits per heavy atom. The second-order valence-corrected chi connectivity index (χ2v) is 9.27. The normalized spacial score (nSPS) is 18.9. The lowest BCUT2D eigenvalue weighted by Crippen LogP contribution is -2.20. The fourth-order valence-electron chi connectivity index (χ4n) is 3.16. The van der Waals surface area contributed by atoms with E-state index in [1.807, 2.05) is 22.6 Å². The van der Waals surface area contributed by atoms with E-state index in [0.29, 0.717) is 9.32 Å². The molecule has 5 nitrogen and oxygen atoms in total. The van der Waals surface area contributed by atoms with E-state index >= 15 is 0 Å². The predicted octanol–water partition coefficient (Wildman–Crippen LogP) is 4.56. The first-order valence-corrected chi connectivity index (χ1v) is 10.3. The van der Waals surface area contributed by atoms with Crippen molar-refractivity contribution in [1.29, 1.82) is 0 Å². The summed E-state index contributed by atoms with van der Waals surface area (Å²) in [6.07, 6.45) is 2.40. The Hall–Kier alpha value is -2.09. The summed E-state index contributed by atoms with van der Waals surface area (Å²) in [4.78, 5) is 12.4. The van der Waals surface area contributed by atoms with Crippen molar-refractivity contribution in [2.24, 2.45) is 11.0 Å². The lowest BCUT2D eigenvalue weighted by molar-refractivity contribution is -0.122. The van der Waals surface area contributed by atoms with Gasteiger partial charge in [0.2, 0.25) is 5.91 Å². The zero-order valence-electron chi connectivity index (χ0n) is 16.5. The Balaban J connectivity index is 1.58. The van der Waals surface area contributed by atoms with E-state index in [2.05, 4.69) is 55.6 Å². The van der Waals surface area contributed by atoms with Gasteiger partial charge in [0.05, 0.1) is 16.9 Å². The van der Waals surface area contributed by atoms with Crippen LogP contribution in [0.2, 0.25) is 0 Å². The maximum absolute atomic E-state index is 12.4. The number of carbonyl (C=O) groups excluding carboxylic acids is 1. The highest BCUT2D eigenvalue weighted by Crippen LogP contribution is 2.47. The summed E-state index contributed by atoms with van der Waals surface area (Å²) in [6.45, 7) is 6.58. The number of methoxy groups -OCH3 is 1. The van der Waals surface area contributed by atoms with Crippen LogP contribution in [0.15, 0.2) is 41.5 Å². The maximum atomic E-state index is 12.4. The van der Waals surface area contributed by atoms with Crippen LogP contribution < -0.4 is 10.2 Å². The Labute approximate surface area is 179 Å². The summed E-state index contributed by atoms with van der Waals surface area (Å²) in [5, 5.41) is 13.9. The largest absolute Gasteiger partial charge is 0.504 e. The topological polar surface area (TPSA) is 70.9 Å². The number of benzene rings is 2. The van der Waals surface area contributed by atoms with Gasteiger partial charge in [0.25, 0.3) is 0 Å². The van der Waals surface area contributed by atoms with Gasteiger partial charge in [0, 0.05) is 5.92 Å². The molecule has 2 N–H and O–H groups in total. The second-order valence-electron chi connectivity index (χ2n) is 8.11.